The fourth-order valence-corrected chi connectivity index (χ4v) is 3.51. The maximum atomic E-state index is 4.76. The van der Waals surface area contributed by atoms with Gasteiger partial charge in [-0.2, -0.15) is 4.98 Å². The topological polar surface area (TPSA) is 62.7 Å². The van der Waals surface area contributed by atoms with Crippen molar-refractivity contribution in [3.8, 4) is 11.3 Å². The predicted molar refractivity (Wildman–Crippen MR) is 110 cm³/mol. The maximum absolute atomic E-state index is 4.76. The van der Waals surface area contributed by atoms with Crippen molar-refractivity contribution in [3.63, 3.8) is 0 Å². The average Bonchev–Trinajstić information content (AvgIpc) is 3.18. The molecule has 2 heterocycles. The molecule has 0 bridgehead atoms. The lowest BCUT2D eigenvalue weighted by Crippen LogP contribution is -2.17. The van der Waals surface area contributed by atoms with Gasteiger partial charge in [-0.05, 0) is 56.0 Å². The molecule has 0 atom stereocenters. The molecule has 5 heteroatoms. The zero-order chi connectivity index (χ0) is 18.6. The summed E-state index contributed by atoms with van der Waals surface area (Å²) in [4.78, 5) is 13.6. The van der Waals surface area contributed by atoms with Gasteiger partial charge in [0, 0.05) is 35.8 Å². The van der Waals surface area contributed by atoms with E-state index in [0.717, 1.165) is 22.8 Å². The Morgan fingerprint density at radius 2 is 1.70 bits per heavy atom. The summed E-state index contributed by atoms with van der Waals surface area (Å²) in [6.07, 6.45) is 8.49. The first-order valence-corrected chi connectivity index (χ1v) is 9.58. The van der Waals surface area contributed by atoms with Crippen molar-refractivity contribution in [1.29, 1.82) is 0 Å². The van der Waals surface area contributed by atoms with Gasteiger partial charge in [-0.3, -0.25) is 4.98 Å². The molecular formula is C22H25N5. The summed E-state index contributed by atoms with van der Waals surface area (Å²) < 4.78 is 0. The normalized spacial score (nSPS) is 14.3. The number of rotatable bonds is 5. The Bertz CT molecular complexity index is 917. The van der Waals surface area contributed by atoms with E-state index in [9.17, 15) is 0 Å². The highest BCUT2D eigenvalue weighted by Crippen LogP contribution is 2.27. The Morgan fingerprint density at radius 1 is 0.926 bits per heavy atom. The Hall–Kier alpha value is -2.95. The van der Waals surface area contributed by atoms with Gasteiger partial charge in [0.15, 0.2) is 0 Å². The van der Waals surface area contributed by atoms with Crippen LogP contribution in [0.25, 0.3) is 11.3 Å². The minimum atomic E-state index is 0.464. The monoisotopic (exact) mass is 359 g/mol. The van der Waals surface area contributed by atoms with E-state index in [1.165, 1.54) is 36.8 Å². The molecule has 138 valence electrons. The third-order valence-corrected chi connectivity index (χ3v) is 5.05. The molecule has 3 aromatic rings. The first-order chi connectivity index (χ1) is 13.2. The number of anilines is 3. The van der Waals surface area contributed by atoms with Crippen LogP contribution in [-0.2, 0) is 0 Å². The third-order valence-electron chi connectivity index (χ3n) is 5.05. The van der Waals surface area contributed by atoms with Crippen molar-refractivity contribution in [2.45, 2.75) is 45.6 Å². The fraction of sp³-hybridized carbons (Fsp3) is 0.318. The first kappa shape index (κ1) is 17.5. The summed E-state index contributed by atoms with van der Waals surface area (Å²) in [5.74, 6) is 1.48. The van der Waals surface area contributed by atoms with Crippen LogP contribution in [0.5, 0.6) is 0 Å². The van der Waals surface area contributed by atoms with E-state index < -0.39 is 0 Å². The number of pyridine rings is 1. The maximum Gasteiger partial charge on any atom is 0.225 e. The lowest BCUT2D eigenvalue weighted by atomic mass is 10.1. The molecule has 1 fully saturated rings. The molecule has 0 unspecified atom stereocenters. The van der Waals surface area contributed by atoms with Crippen LogP contribution in [-0.4, -0.2) is 21.0 Å². The summed E-state index contributed by atoms with van der Waals surface area (Å²) in [5.41, 5.74) is 5.40. The summed E-state index contributed by atoms with van der Waals surface area (Å²) in [5, 5.41) is 7.01. The molecule has 2 aromatic heterocycles. The Balaban J connectivity index is 1.69. The SMILES string of the molecule is Cc1ccc(C)c(Nc2cc(-c3ccncc3)nc(NC3CCCC3)n2)c1. The van der Waals surface area contributed by atoms with Gasteiger partial charge in [0.25, 0.3) is 0 Å². The summed E-state index contributed by atoms with van der Waals surface area (Å²) in [6, 6.07) is 12.8. The average molecular weight is 359 g/mol. The molecule has 2 N–H and O–H groups in total. The zero-order valence-corrected chi connectivity index (χ0v) is 15.9. The molecule has 1 aliphatic carbocycles. The predicted octanol–water partition coefficient (Wildman–Crippen LogP) is 5.25. The van der Waals surface area contributed by atoms with Crippen molar-refractivity contribution in [1.82, 2.24) is 15.0 Å². The van der Waals surface area contributed by atoms with Gasteiger partial charge >= 0.3 is 0 Å². The second kappa shape index (κ2) is 7.74. The Labute approximate surface area is 160 Å². The number of aryl methyl sites for hydroxylation is 2. The van der Waals surface area contributed by atoms with E-state index in [4.69, 9.17) is 9.97 Å². The van der Waals surface area contributed by atoms with Crippen molar-refractivity contribution in [3.05, 3.63) is 59.9 Å². The molecule has 5 nitrogen and oxygen atoms in total. The van der Waals surface area contributed by atoms with E-state index in [0.29, 0.717) is 12.0 Å². The Morgan fingerprint density at radius 3 is 2.48 bits per heavy atom. The highest BCUT2D eigenvalue weighted by atomic mass is 15.2. The van der Waals surface area contributed by atoms with E-state index >= 15 is 0 Å². The van der Waals surface area contributed by atoms with Gasteiger partial charge in [-0.15, -0.1) is 0 Å². The zero-order valence-electron chi connectivity index (χ0n) is 15.9. The van der Waals surface area contributed by atoms with Crippen molar-refractivity contribution < 1.29 is 0 Å². The minimum absolute atomic E-state index is 0.464. The van der Waals surface area contributed by atoms with Crippen LogP contribution < -0.4 is 10.6 Å². The van der Waals surface area contributed by atoms with Crippen LogP contribution in [0, 0.1) is 13.8 Å². The summed E-state index contributed by atoms with van der Waals surface area (Å²) in [7, 11) is 0. The molecule has 1 aliphatic rings. The number of nitrogens with zero attached hydrogens (tertiary/aromatic N) is 3. The standard InChI is InChI=1S/C22H25N5/c1-15-7-8-16(2)19(13-15)25-21-14-20(17-9-11-23-12-10-17)26-22(27-21)24-18-5-3-4-6-18/h7-14,18H,3-6H2,1-2H3,(H2,24,25,26,27). The number of hydrogen-bond acceptors (Lipinski definition) is 5. The van der Waals surface area contributed by atoms with Gasteiger partial charge < -0.3 is 10.6 Å². The van der Waals surface area contributed by atoms with Crippen molar-refractivity contribution in [2.24, 2.45) is 0 Å². The van der Waals surface area contributed by atoms with Crippen LogP contribution in [0.3, 0.4) is 0 Å². The molecule has 4 rings (SSSR count). The van der Waals surface area contributed by atoms with Crippen LogP contribution >= 0.6 is 0 Å². The van der Waals surface area contributed by atoms with Crippen molar-refractivity contribution >= 4 is 17.5 Å². The second-order valence-electron chi connectivity index (χ2n) is 7.27. The lowest BCUT2D eigenvalue weighted by molar-refractivity contribution is 0.744. The number of nitrogens with one attached hydrogen (secondary N) is 2. The smallest absolute Gasteiger partial charge is 0.225 e. The summed E-state index contributed by atoms with van der Waals surface area (Å²) in [6.45, 7) is 4.20. The highest BCUT2D eigenvalue weighted by molar-refractivity contribution is 5.68. The van der Waals surface area contributed by atoms with Gasteiger partial charge in [0.1, 0.15) is 5.82 Å². The highest BCUT2D eigenvalue weighted by Gasteiger charge is 2.17. The van der Waals surface area contributed by atoms with Gasteiger partial charge in [0.2, 0.25) is 5.95 Å². The first-order valence-electron chi connectivity index (χ1n) is 9.58. The number of benzene rings is 1. The van der Waals surface area contributed by atoms with E-state index in [1.807, 2.05) is 18.2 Å². The molecule has 0 radical (unpaired) electrons. The molecular weight excluding hydrogens is 334 g/mol. The largest absolute Gasteiger partial charge is 0.351 e. The van der Waals surface area contributed by atoms with Crippen LogP contribution in [0.1, 0.15) is 36.8 Å². The number of aromatic nitrogens is 3. The van der Waals surface area contributed by atoms with Crippen LogP contribution in [0.4, 0.5) is 17.5 Å². The Kier molecular flexibility index (Phi) is 5.01. The van der Waals surface area contributed by atoms with E-state index in [2.05, 4.69) is 47.7 Å². The molecule has 1 saturated carbocycles. The quantitative estimate of drug-likeness (QED) is 0.651. The van der Waals surface area contributed by atoms with Crippen molar-refractivity contribution in [2.75, 3.05) is 10.6 Å². The molecule has 0 amide bonds. The van der Waals surface area contributed by atoms with E-state index in [-0.39, 0.29) is 0 Å². The molecule has 1 aromatic carbocycles. The van der Waals surface area contributed by atoms with Gasteiger partial charge in [-0.25, -0.2) is 4.98 Å². The van der Waals surface area contributed by atoms with Gasteiger partial charge in [-0.1, -0.05) is 25.0 Å². The molecule has 27 heavy (non-hydrogen) atoms. The molecule has 0 aliphatic heterocycles. The second-order valence-corrected chi connectivity index (χ2v) is 7.27. The molecule has 0 saturated heterocycles. The lowest BCUT2D eigenvalue weighted by Gasteiger charge is -2.16. The third kappa shape index (κ3) is 4.25. The summed E-state index contributed by atoms with van der Waals surface area (Å²) >= 11 is 0. The van der Waals surface area contributed by atoms with Crippen LogP contribution in [0.15, 0.2) is 48.8 Å². The fourth-order valence-electron chi connectivity index (χ4n) is 3.51. The van der Waals surface area contributed by atoms with Gasteiger partial charge in [0.05, 0.1) is 5.69 Å². The van der Waals surface area contributed by atoms with E-state index in [1.54, 1.807) is 12.4 Å². The minimum Gasteiger partial charge on any atom is -0.351 e. The molecule has 0 spiro atoms. The number of hydrogen-bond donors (Lipinski definition) is 2. The van der Waals surface area contributed by atoms with Crippen LogP contribution in [0.2, 0.25) is 0 Å².